The van der Waals surface area contributed by atoms with Crippen LogP contribution in [0.2, 0.25) is 0 Å². The van der Waals surface area contributed by atoms with E-state index in [0.29, 0.717) is 11.4 Å². The predicted octanol–water partition coefficient (Wildman–Crippen LogP) is 1.72. The molecule has 1 aromatic rings. The Morgan fingerprint density at radius 3 is 2.80 bits per heavy atom. The number of carbonyl (C=O) groups excluding carboxylic acids is 1. The second-order valence-electron chi connectivity index (χ2n) is 4.91. The lowest BCUT2D eigenvalue weighted by molar-refractivity contribution is -0.385. The summed E-state index contributed by atoms with van der Waals surface area (Å²) in [6.07, 6.45) is 4.69. The van der Waals surface area contributed by atoms with E-state index in [4.69, 9.17) is 0 Å². The van der Waals surface area contributed by atoms with Crippen LogP contribution in [0.25, 0.3) is 0 Å². The normalized spacial score (nSPS) is 14.9. The summed E-state index contributed by atoms with van der Waals surface area (Å²) in [5.41, 5.74) is 0.510. The van der Waals surface area contributed by atoms with E-state index in [0.717, 1.165) is 25.9 Å². The number of aryl methyl sites for hydroxylation is 1. The molecule has 0 aliphatic carbocycles. The summed E-state index contributed by atoms with van der Waals surface area (Å²) in [6, 6.07) is 1.36. The van der Waals surface area contributed by atoms with Crippen molar-refractivity contribution in [2.75, 3.05) is 25.0 Å². The van der Waals surface area contributed by atoms with Gasteiger partial charge in [-0.05, 0) is 26.2 Å². The van der Waals surface area contributed by atoms with Gasteiger partial charge in [0.2, 0.25) is 5.91 Å². The van der Waals surface area contributed by atoms with Crippen LogP contribution in [-0.4, -0.2) is 40.3 Å². The molecule has 0 aromatic carbocycles. The molecule has 1 amide bonds. The minimum Gasteiger partial charge on any atom is -0.361 e. The van der Waals surface area contributed by atoms with Gasteiger partial charge in [0.1, 0.15) is 5.82 Å². The second kappa shape index (κ2) is 6.31. The number of likely N-dealkylation sites (tertiary alicyclic amines) is 1. The van der Waals surface area contributed by atoms with Crippen LogP contribution in [0.5, 0.6) is 0 Å². The molecule has 1 N–H and O–H groups in total. The van der Waals surface area contributed by atoms with Crippen molar-refractivity contribution in [3.05, 3.63) is 27.9 Å². The van der Waals surface area contributed by atoms with Gasteiger partial charge < -0.3 is 10.2 Å². The number of nitrogens with one attached hydrogen (secondary N) is 1. The number of rotatable bonds is 4. The molecule has 1 saturated heterocycles. The number of hydrogen-bond acceptors (Lipinski definition) is 5. The maximum absolute atomic E-state index is 12.0. The maximum Gasteiger partial charge on any atom is 0.277 e. The third kappa shape index (κ3) is 3.43. The fourth-order valence-electron chi connectivity index (χ4n) is 2.23. The molecule has 7 nitrogen and oxygen atoms in total. The molecule has 1 fully saturated rings. The Labute approximate surface area is 117 Å². The molecular formula is C13H18N4O3. The van der Waals surface area contributed by atoms with Gasteiger partial charge in [-0.3, -0.25) is 14.9 Å². The first-order chi connectivity index (χ1) is 9.58. The van der Waals surface area contributed by atoms with Gasteiger partial charge in [-0.25, -0.2) is 4.98 Å². The maximum atomic E-state index is 12.0. The number of hydrogen-bond donors (Lipinski definition) is 1. The molecule has 2 rings (SSSR count). The molecule has 1 aliphatic heterocycles. The summed E-state index contributed by atoms with van der Waals surface area (Å²) in [7, 11) is 0. The van der Waals surface area contributed by atoms with Gasteiger partial charge >= 0.3 is 0 Å². The summed E-state index contributed by atoms with van der Waals surface area (Å²) in [5, 5.41) is 13.7. The van der Waals surface area contributed by atoms with E-state index in [1.54, 1.807) is 6.92 Å². The van der Waals surface area contributed by atoms with Crippen molar-refractivity contribution in [3.63, 3.8) is 0 Å². The van der Waals surface area contributed by atoms with Gasteiger partial charge in [0, 0.05) is 24.8 Å². The second-order valence-corrected chi connectivity index (χ2v) is 4.91. The van der Waals surface area contributed by atoms with Crippen molar-refractivity contribution in [3.8, 4) is 0 Å². The van der Waals surface area contributed by atoms with E-state index >= 15 is 0 Å². The van der Waals surface area contributed by atoms with Gasteiger partial charge in [0.05, 0.1) is 17.5 Å². The molecule has 2 heterocycles. The number of pyridine rings is 1. The van der Waals surface area contributed by atoms with Crippen molar-refractivity contribution in [1.29, 1.82) is 0 Å². The van der Waals surface area contributed by atoms with Gasteiger partial charge in [0.15, 0.2) is 0 Å². The van der Waals surface area contributed by atoms with Crippen molar-refractivity contribution >= 4 is 17.4 Å². The molecule has 1 aliphatic rings. The Morgan fingerprint density at radius 2 is 2.15 bits per heavy atom. The third-order valence-corrected chi connectivity index (χ3v) is 3.40. The summed E-state index contributed by atoms with van der Waals surface area (Å²) < 4.78 is 0. The lowest BCUT2D eigenvalue weighted by atomic mass is 10.1. The Bertz CT molecular complexity index is 512. The topological polar surface area (TPSA) is 88.4 Å². The third-order valence-electron chi connectivity index (χ3n) is 3.40. The highest BCUT2D eigenvalue weighted by Gasteiger charge is 2.17. The van der Waals surface area contributed by atoms with Crippen LogP contribution >= 0.6 is 0 Å². The van der Waals surface area contributed by atoms with Crippen molar-refractivity contribution in [1.82, 2.24) is 9.88 Å². The minimum atomic E-state index is -0.450. The molecule has 1 aromatic heterocycles. The van der Waals surface area contributed by atoms with Gasteiger partial charge in [0.25, 0.3) is 5.69 Å². The van der Waals surface area contributed by atoms with Crippen molar-refractivity contribution < 1.29 is 9.72 Å². The van der Waals surface area contributed by atoms with Gasteiger partial charge in [-0.1, -0.05) is 0 Å². The van der Waals surface area contributed by atoms with E-state index in [1.165, 1.54) is 18.7 Å². The van der Waals surface area contributed by atoms with E-state index < -0.39 is 4.92 Å². The summed E-state index contributed by atoms with van der Waals surface area (Å²) in [4.78, 5) is 28.2. The van der Waals surface area contributed by atoms with Crippen molar-refractivity contribution in [2.45, 2.75) is 26.2 Å². The lowest BCUT2D eigenvalue weighted by Crippen LogP contribution is -2.39. The fraction of sp³-hybridized carbons (Fsp3) is 0.538. The van der Waals surface area contributed by atoms with Crippen LogP contribution in [0, 0.1) is 17.0 Å². The molecule has 108 valence electrons. The SMILES string of the molecule is Cc1cnc(NCC(=O)N2CCCCC2)cc1[N+](=O)[O-]. The summed E-state index contributed by atoms with van der Waals surface area (Å²) in [5.74, 6) is 0.363. The van der Waals surface area contributed by atoms with E-state index in [2.05, 4.69) is 10.3 Å². The minimum absolute atomic E-state index is 0.00733. The number of aromatic nitrogens is 1. The van der Waals surface area contributed by atoms with Crippen LogP contribution in [0.3, 0.4) is 0 Å². The van der Waals surface area contributed by atoms with Gasteiger partial charge in [-0.2, -0.15) is 0 Å². The highest BCUT2D eigenvalue weighted by Crippen LogP contribution is 2.19. The molecule has 0 unspecified atom stereocenters. The first-order valence-electron chi connectivity index (χ1n) is 6.70. The average molecular weight is 278 g/mol. The zero-order chi connectivity index (χ0) is 14.5. The number of nitro groups is 1. The van der Waals surface area contributed by atoms with Crippen LogP contribution < -0.4 is 5.32 Å². The number of nitrogens with zero attached hydrogens (tertiary/aromatic N) is 3. The fourth-order valence-corrected chi connectivity index (χ4v) is 2.23. The Balaban J connectivity index is 1.95. The number of carbonyl (C=O) groups is 1. The number of amides is 1. The molecule has 0 radical (unpaired) electrons. The monoisotopic (exact) mass is 278 g/mol. The quantitative estimate of drug-likeness (QED) is 0.669. The largest absolute Gasteiger partial charge is 0.361 e. The first-order valence-corrected chi connectivity index (χ1v) is 6.70. The molecule has 0 saturated carbocycles. The highest BCUT2D eigenvalue weighted by atomic mass is 16.6. The zero-order valence-corrected chi connectivity index (χ0v) is 11.5. The number of anilines is 1. The van der Waals surface area contributed by atoms with Crippen LogP contribution in [0.1, 0.15) is 24.8 Å². The lowest BCUT2D eigenvalue weighted by Gasteiger charge is -2.26. The average Bonchev–Trinajstić information content (AvgIpc) is 2.46. The van der Waals surface area contributed by atoms with E-state index in [9.17, 15) is 14.9 Å². The molecule has 0 atom stereocenters. The Morgan fingerprint density at radius 1 is 1.45 bits per heavy atom. The molecule has 7 heteroatoms. The molecule has 0 spiro atoms. The Hall–Kier alpha value is -2.18. The van der Waals surface area contributed by atoms with Crippen LogP contribution in [-0.2, 0) is 4.79 Å². The number of piperidine rings is 1. The highest BCUT2D eigenvalue weighted by molar-refractivity contribution is 5.80. The van der Waals surface area contributed by atoms with Gasteiger partial charge in [-0.15, -0.1) is 0 Å². The molecular weight excluding hydrogens is 260 g/mol. The van der Waals surface area contributed by atoms with Crippen LogP contribution in [0.4, 0.5) is 11.5 Å². The molecule has 0 bridgehead atoms. The summed E-state index contributed by atoms with van der Waals surface area (Å²) >= 11 is 0. The summed E-state index contributed by atoms with van der Waals surface area (Å²) in [6.45, 7) is 3.34. The van der Waals surface area contributed by atoms with Crippen molar-refractivity contribution in [2.24, 2.45) is 0 Å². The zero-order valence-electron chi connectivity index (χ0n) is 11.5. The standard InChI is InChI=1S/C13H18N4O3/c1-10-8-14-12(7-11(10)17(19)20)15-9-13(18)16-5-3-2-4-6-16/h7-8H,2-6,9H2,1H3,(H,14,15). The van der Waals surface area contributed by atoms with E-state index in [1.807, 2.05) is 4.90 Å². The smallest absolute Gasteiger partial charge is 0.277 e. The molecule has 20 heavy (non-hydrogen) atoms. The van der Waals surface area contributed by atoms with E-state index in [-0.39, 0.29) is 18.1 Å². The Kier molecular flexibility index (Phi) is 4.49. The van der Waals surface area contributed by atoms with Crippen LogP contribution in [0.15, 0.2) is 12.3 Å². The first kappa shape index (κ1) is 14.2. The predicted molar refractivity (Wildman–Crippen MR) is 74.5 cm³/mol.